The Morgan fingerprint density at radius 2 is 1.88 bits per heavy atom. The number of halogens is 1. The van der Waals surface area contributed by atoms with Gasteiger partial charge in [-0.1, -0.05) is 47.3 Å². The third kappa shape index (κ3) is 5.94. The number of benzene rings is 3. The highest BCUT2D eigenvalue weighted by Crippen LogP contribution is 2.32. The summed E-state index contributed by atoms with van der Waals surface area (Å²) in [6.45, 7) is 0.0205. The van der Waals surface area contributed by atoms with E-state index in [9.17, 15) is 19.7 Å². The van der Waals surface area contributed by atoms with Crippen LogP contribution in [0.4, 0.5) is 5.69 Å². The molecule has 1 saturated carbocycles. The van der Waals surface area contributed by atoms with Gasteiger partial charge in [0.1, 0.15) is 12.4 Å². The fourth-order valence-electron chi connectivity index (χ4n) is 4.81. The quantitative estimate of drug-likeness (QED) is 0.142. The van der Waals surface area contributed by atoms with Crippen molar-refractivity contribution in [1.82, 2.24) is 9.66 Å². The Morgan fingerprint density at radius 1 is 1.12 bits per heavy atom. The van der Waals surface area contributed by atoms with Gasteiger partial charge in [-0.05, 0) is 60.9 Å². The second kappa shape index (κ2) is 11.8. The normalized spacial score (nSPS) is 14.0. The molecule has 1 aromatic heterocycles. The van der Waals surface area contributed by atoms with Crippen LogP contribution in [0.1, 0.15) is 65.3 Å². The number of aromatic carboxylic acids is 1. The molecule has 1 fully saturated rings. The molecule has 1 N–H and O–H groups in total. The van der Waals surface area contributed by atoms with E-state index in [-0.39, 0.29) is 35.1 Å². The lowest BCUT2D eigenvalue weighted by molar-refractivity contribution is -0.385. The van der Waals surface area contributed by atoms with Crippen molar-refractivity contribution in [3.8, 4) is 5.75 Å². The molecule has 0 atom stereocenters. The number of nitro groups is 1. The predicted octanol–water partition coefficient (Wildman–Crippen LogP) is 6.27. The number of hydrogen-bond donors (Lipinski definition) is 1. The number of nitrogens with zero attached hydrogens (tertiary/aromatic N) is 4. The molecule has 40 heavy (non-hydrogen) atoms. The van der Waals surface area contributed by atoms with Crippen LogP contribution in [0, 0.1) is 10.1 Å². The Labute approximate surface area is 237 Å². The number of fused-ring (bicyclic) bond motifs is 1. The molecule has 0 radical (unpaired) electrons. The van der Waals surface area contributed by atoms with Gasteiger partial charge in [0, 0.05) is 22.0 Å². The van der Waals surface area contributed by atoms with Gasteiger partial charge in [0.15, 0.2) is 5.75 Å². The van der Waals surface area contributed by atoms with E-state index in [0.717, 1.165) is 36.6 Å². The Bertz CT molecular complexity index is 1680. The van der Waals surface area contributed by atoms with Crippen molar-refractivity contribution < 1.29 is 19.6 Å². The molecular weight excluding hydrogens is 580 g/mol. The van der Waals surface area contributed by atoms with Gasteiger partial charge in [-0.25, -0.2) is 9.78 Å². The number of carbonyl (C=O) groups is 1. The lowest BCUT2D eigenvalue weighted by Gasteiger charge is -2.22. The zero-order valence-corrected chi connectivity index (χ0v) is 22.9. The molecule has 5 rings (SSSR count). The van der Waals surface area contributed by atoms with Crippen LogP contribution in [-0.2, 0) is 6.61 Å². The first-order chi connectivity index (χ1) is 19.3. The Morgan fingerprint density at radius 3 is 2.58 bits per heavy atom. The smallest absolute Gasteiger partial charge is 0.335 e. The van der Waals surface area contributed by atoms with E-state index in [1.165, 1.54) is 35.2 Å². The molecule has 0 amide bonds. The van der Waals surface area contributed by atoms with Crippen molar-refractivity contribution in [3.05, 3.63) is 108 Å². The highest BCUT2D eigenvalue weighted by Gasteiger charge is 2.23. The van der Waals surface area contributed by atoms with E-state index in [1.807, 2.05) is 12.1 Å². The number of carboxylic acids is 1. The molecule has 1 aliphatic carbocycles. The van der Waals surface area contributed by atoms with Crippen LogP contribution in [0.2, 0.25) is 0 Å². The van der Waals surface area contributed by atoms with E-state index in [0.29, 0.717) is 27.9 Å². The van der Waals surface area contributed by atoms with Crippen LogP contribution in [0.5, 0.6) is 5.75 Å². The summed E-state index contributed by atoms with van der Waals surface area (Å²) in [4.78, 5) is 40.6. The lowest BCUT2D eigenvalue weighted by Crippen LogP contribution is -2.25. The molecule has 3 aromatic carbocycles. The van der Waals surface area contributed by atoms with Crippen molar-refractivity contribution in [1.29, 1.82) is 0 Å². The first-order valence-electron chi connectivity index (χ1n) is 12.8. The van der Waals surface area contributed by atoms with Gasteiger partial charge in [0.2, 0.25) is 0 Å². The van der Waals surface area contributed by atoms with Crippen molar-refractivity contribution in [2.75, 3.05) is 0 Å². The minimum atomic E-state index is -1.04. The maximum Gasteiger partial charge on any atom is 0.335 e. The van der Waals surface area contributed by atoms with Gasteiger partial charge >= 0.3 is 11.7 Å². The van der Waals surface area contributed by atoms with Crippen LogP contribution in [0.3, 0.4) is 0 Å². The fraction of sp³-hybridized carbons (Fsp3) is 0.241. The van der Waals surface area contributed by atoms with Crippen LogP contribution in [0.15, 0.2) is 75.0 Å². The first kappa shape index (κ1) is 27.2. The minimum absolute atomic E-state index is 0.0205. The summed E-state index contributed by atoms with van der Waals surface area (Å²) in [6, 6.07) is 15.9. The highest BCUT2D eigenvalue weighted by atomic mass is 79.9. The minimum Gasteiger partial charge on any atom is -0.482 e. The molecule has 11 heteroatoms. The highest BCUT2D eigenvalue weighted by molar-refractivity contribution is 9.10. The molecule has 1 heterocycles. The number of rotatable bonds is 8. The zero-order chi connectivity index (χ0) is 28.2. The Hall–Kier alpha value is -4.38. The van der Waals surface area contributed by atoms with Gasteiger partial charge in [0.25, 0.3) is 5.56 Å². The molecule has 0 saturated heterocycles. The number of hydrogen-bond acceptors (Lipinski definition) is 7. The van der Waals surface area contributed by atoms with E-state index in [4.69, 9.17) is 14.8 Å². The van der Waals surface area contributed by atoms with Crippen LogP contribution in [-0.4, -0.2) is 31.9 Å². The Kier molecular flexibility index (Phi) is 8.01. The van der Waals surface area contributed by atoms with Crippen molar-refractivity contribution >= 4 is 44.7 Å². The molecule has 0 bridgehead atoms. The topological polar surface area (TPSA) is 137 Å². The monoisotopic (exact) mass is 604 g/mol. The molecule has 0 unspecified atom stereocenters. The van der Waals surface area contributed by atoms with Gasteiger partial charge in [0.05, 0.1) is 27.6 Å². The van der Waals surface area contributed by atoms with Crippen LogP contribution in [0.25, 0.3) is 10.9 Å². The molecule has 4 aromatic rings. The summed E-state index contributed by atoms with van der Waals surface area (Å²) in [5.41, 5.74) is 1.27. The van der Waals surface area contributed by atoms with Crippen LogP contribution < -0.4 is 10.3 Å². The molecule has 204 valence electrons. The third-order valence-electron chi connectivity index (χ3n) is 6.90. The standard InChI is InChI=1S/C29H25BrN4O6/c30-22-11-12-24-23(15-22)28(35)33(27(32-24)20-4-2-1-3-5-20)31-16-19-8-13-26(25(14-19)34(38)39)40-17-18-6-9-21(10-7-18)29(36)37/h6-16,20H,1-5,17H2,(H,36,37). The van der Waals surface area contributed by atoms with Crippen molar-refractivity contribution in [2.45, 2.75) is 44.6 Å². The van der Waals surface area contributed by atoms with E-state index in [1.54, 1.807) is 24.3 Å². The number of ether oxygens (including phenoxy) is 1. The largest absolute Gasteiger partial charge is 0.482 e. The lowest BCUT2D eigenvalue weighted by atomic mass is 9.88. The van der Waals surface area contributed by atoms with Gasteiger partial charge in [-0.3, -0.25) is 14.9 Å². The zero-order valence-electron chi connectivity index (χ0n) is 21.3. The van der Waals surface area contributed by atoms with E-state index >= 15 is 0 Å². The molecule has 0 spiro atoms. The number of nitro benzene ring substituents is 1. The molecule has 1 aliphatic rings. The van der Waals surface area contributed by atoms with Crippen molar-refractivity contribution in [3.63, 3.8) is 0 Å². The second-order valence-corrected chi connectivity index (χ2v) is 10.5. The number of carboxylic acid groups (broad SMARTS) is 1. The summed E-state index contributed by atoms with van der Waals surface area (Å²) in [5, 5.41) is 25.8. The summed E-state index contributed by atoms with van der Waals surface area (Å²) in [7, 11) is 0. The van der Waals surface area contributed by atoms with Gasteiger partial charge in [-0.2, -0.15) is 9.78 Å². The van der Waals surface area contributed by atoms with Gasteiger partial charge in [-0.15, -0.1) is 0 Å². The Balaban J connectivity index is 1.45. The summed E-state index contributed by atoms with van der Waals surface area (Å²) in [5.74, 6) is -0.289. The molecular formula is C29H25BrN4O6. The molecule has 10 nitrogen and oxygen atoms in total. The number of aromatic nitrogens is 2. The average Bonchev–Trinajstić information content (AvgIpc) is 2.96. The SMILES string of the molecule is O=C(O)c1ccc(COc2ccc(C=Nn3c(C4CCCCC4)nc4ccc(Br)cc4c3=O)cc2[N+](=O)[O-])cc1. The molecule has 0 aliphatic heterocycles. The summed E-state index contributed by atoms with van der Waals surface area (Å²) >= 11 is 3.41. The first-order valence-corrected chi connectivity index (χ1v) is 13.6. The van der Waals surface area contributed by atoms with Gasteiger partial charge < -0.3 is 9.84 Å². The van der Waals surface area contributed by atoms with Crippen molar-refractivity contribution in [2.24, 2.45) is 5.10 Å². The fourth-order valence-corrected chi connectivity index (χ4v) is 5.17. The maximum absolute atomic E-state index is 13.5. The summed E-state index contributed by atoms with van der Waals surface area (Å²) in [6.07, 6.45) is 6.51. The van der Waals surface area contributed by atoms with Crippen LogP contribution >= 0.6 is 15.9 Å². The predicted molar refractivity (Wildman–Crippen MR) is 153 cm³/mol. The second-order valence-electron chi connectivity index (χ2n) is 9.60. The van der Waals surface area contributed by atoms with E-state index in [2.05, 4.69) is 21.0 Å². The summed E-state index contributed by atoms with van der Waals surface area (Å²) < 4.78 is 7.75. The van der Waals surface area contributed by atoms with E-state index < -0.39 is 10.9 Å². The maximum atomic E-state index is 13.5. The third-order valence-corrected chi connectivity index (χ3v) is 7.39. The average molecular weight is 605 g/mol.